The smallest absolute Gasteiger partial charge is 0.255 e. The van der Waals surface area contributed by atoms with Gasteiger partial charge in [0.05, 0.1) is 0 Å². The van der Waals surface area contributed by atoms with Crippen molar-refractivity contribution in [1.29, 1.82) is 0 Å². The SMILES string of the molecule is O=C(Nc1ccccc1)c1cc(C(=O)Nc2ccccc2)cc(N2CCCC2)c1. The van der Waals surface area contributed by atoms with Crippen LogP contribution < -0.4 is 15.5 Å². The van der Waals surface area contributed by atoms with Gasteiger partial charge in [0.2, 0.25) is 0 Å². The van der Waals surface area contributed by atoms with E-state index in [1.165, 1.54) is 0 Å². The predicted octanol–water partition coefficient (Wildman–Crippen LogP) is 4.79. The molecule has 1 heterocycles. The van der Waals surface area contributed by atoms with Gasteiger partial charge in [0.25, 0.3) is 11.8 Å². The summed E-state index contributed by atoms with van der Waals surface area (Å²) in [5.41, 5.74) is 3.29. The Bertz CT molecular complexity index is 925. The van der Waals surface area contributed by atoms with Gasteiger partial charge < -0.3 is 15.5 Å². The number of benzene rings is 3. The van der Waals surface area contributed by atoms with E-state index in [0.29, 0.717) is 11.1 Å². The van der Waals surface area contributed by atoms with Crippen LogP contribution in [0.25, 0.3) is 0 Å². The van der Waals surface area contributed by atoms with E-state index in [1.807, 2.05) is 72.8 Å². The number of hydrogen-bond acceptors (Lipinski definition) is 3. The lowest BCUT2D eigenvalue weighted by Gasteiger charge is -2.20. The summed E-state index contributed by atoms with van der Waals surface area (Å²) in [4.78, 5) is 27.9. The van der Waals surface area contributed by atoms with E-state index in [9.17, 15) is 9.59 Å². The summed E-state index contributed by atoms with van der Waals surface area (Å²) < 4.78 is 0. The molecule has 0 saturated carbocycles. The van der Waals surface area contributed by atoms with Crippen LogP contribution >= 0.6 is 0 Å². The number of amides is 2. The van der Waals surface area contributed by atoms with Gasteiger partial charge >= 0.3 is 0 Å². The second kappa shape index (κ2) is 8.61. The Balaban J connectivity index is 1.63. The van der Waals surface area contributed by atoms with E-state index < -0.39 is 0 Å². The summed E-state index contributed by atoms with van der Waals surface area (Å²) in [7, 11) is 0. The number of carbonyl (C=O) groups excluding carboxylic acids is 2. The molecule has 29 heavy (non-hydrogen) atoms. The number of nitrogens with one attached hydrogen (secondary N) is 2. The van der Waals surface area contributed by atoms with Gasteiger partial charge in [-0.1, -0.05) is 36.4 Å². The van der Waals surface area contributed by atoms with Gasteiger partial charge in [0, 0.05) is 41.3 Å². The van der Waals surface area contributed by atoms with Crippen LogP contribution in [0.1, 0.15) is 33.6 Å². The molecule has 0 spiro atoms. The topological polar surface area (TPSA) is 61.4 Å². The molecule has 5 heteroatoms. The third-order valence-electron chi connectivity index (χ3n) is 4.98. The molecule has 1 aliphatic heterocycles. The van der Waals surface area contributed by atoms with E-state index in [1.54, 1.807) is 6.07 Å². The second-order valence-corrected chi connectivity index (χ2v) is 7.10. The minimum absolute atomic E-state index is 0.231. The van der Waals surface area contributed by atoms with E-state index >= 15 is 0 Å². The van der Waals surface area contributed by atoms with Crippen molar-refractivity contribution in [2.45, 2.75) is 12.8 Å². The molecule has 0 aromatic heterocycles. The molecule has 1 saturated heterocycles. The molecule has 1 fully saturated rings. The third-order valence-corrected chi connectivity index (χ3v) is 4.98. The van der Waals surface area contributed by atoms with Crippen molar-refractivity contribution in [3.8, 4) is 0 Å². The highest BCUT2D eigenvalue weighted by Crippen LogP contribution is 2.25. The Morgan fingerprint density at radius 3 is 1.55 bits per heavy atom. The van der Waals surface area contributed by atoms with Gasteiger partial charge in [0.1, 0.15) is 0 Å². The highest BCUT2D eigenvalue weighted by Gasteiger charge is 2.18. The van der Waals surface area contributed by atoms with Crippen molar-refractivity contribution in [2.24, 2.45) is 0 Å². The van der Waals surface area contributed by atoms with Crippen LogP contribution in [-0.4, -0.2) is 24.9 Å². The van der Waals surface area contributed by atoms with Gasteiger partial charge in [-0.25, -0.2) is 0 Å². The maximum Gasteiger partial charge on any atom is 0.255 e. The molecule has 2 amide bonds. The van der Waals surface area contributed by atoms with E-state index in [0.717, 1.165) is 43.0 Å². The number of carbonyl (C=O) groups is 2. The van der Waals surface area contributed by atoms with Gasteiger partial charge in [0.15, 0.2) is 0 Å². The molecule has 0 unspecified atom stereocenters. The molecular formula is C24H23N3O2. The molecule has 146 valence electrons. The van der Waals surface area contributed by atoms with Gasteiger partial charge in [-0.05, 0) is 55.3 Å². The minimum atomic E-state index is -0.231. The molecular weight excluding hydrogens is 362 g/mol. The third kappa shape index (κ3) is 4.63. The first-order valence-corrected chi connectivity index (χ1v) is 9.82. The van der Waals surface area contributed by atoms with Crippen molar-refractivity contribution in [3.05, 3.63) is 90.0 Å². The van der Waals surface area contributed by atoms with Crippen molar-refractivity contribution >= 4 is 28.9 Å². The van der Waals surface area contributed by atoms with Crippen molar-refractivity contribution in [3.63, 3.8) is 0 Å². The van der Waals surface area contributed by atoms with E-state index in [-0.39, 0.29) is 11.8 Å². The van der Waals surface area contributed by atoms with E-state index in [2.05, 4.69) is 15.5 Å². The molecule has 0 atom stereocenters. The molecule has 0 bridgehead atoms. The minimum Gasteiger partial charge on any atom is -0.371 e. The fourth-order valence-electron chi connectivity index (χ4n) is 3.48. The highest BCUT2D eigenvalue weighted by molar-refractivity contribution is 6.09. The molecule has 3 aromatic rings. The summed E-state index contributed by atoms with van der Waals surface area (Å²) in [5, 5.41) is 5.81. The molecule has 2 N–H and O–H groups in total. The Morgan fingerprint density at radius 1 is 0.655 bits per heavy atom. The molecule has 1 aliphatic rings. The Kier molecular flexibility index (Phi) is 5.56. The largest absolute Gasteiger partial charge is 0.371 e. The zero-order valence-electron chi connectivity index (χ0n) is 16.1. The van der Waals surface area contributed by atoms with Crippen LogP contribution in [0.3, 0.4) is 0 Å². The summed E-state index contributed by atoms with van der Waals surface area (Å²) in [5.74, 6) is -0.461. The van der Waals surface area contributed by atoms with Crippen molar-refractivity contribution in [2.75, 3.05) is 28.6 Å². The fourth-order valence-corrected chi connectivity index (χ4v) is 3.48. The fraction of sp³-hybridized carbons (Fsp3) is 0.167. The average molecular weight is 385 g/mol. The first-order chi connectivity index (χ1) is 14.2. The summed E-state index contributed by atoms with van der Waals surface area (Å²) in [6.07, 6.45) is 2.23. The summed E-state index contributed by atoms with van der Waals surface area (Å²) in [6.45, 7) is 1.87. The van der Waals surface area contributed by atoms with Crippen molar-refractivity contribution < 1.29 is 9.59 Å². The predicted molar refractivity (Wildman–Crippen MR) is 117 cm³/mol. The van der Waals surface area contributed by atoms with Crippen LogP contribution in [0, 0.1) is 0 Å². The standard InChI is InChI=1S/C24H23N3O2/c28-23(25-20-9-3-1-4-10-20)18-15-19(17-22(16-18)27-13-7-8-14-27)24(29)26-21-11-5-2-6-12-21/h1-6,9-12,15-17H,7-8,13-14H2,(H,25,28)(H,26,29). The average Bonchev–Trinajstić information content (AvgIpc) is 3.30. The zero-order valence-corrected chi connectivity index (χ0v) is 16.1. The van der Waals surface area contributed by atoms with Crippen molar-refractivity contribution in [1.82, 2.24) is 0 Å². The first-order valence-electron chi connectivity index (χ1n) is 9.82. The molecule has 5 nitrogen and oxygen atoms in total. The number of nitrogens with zero attached hydrogens (tertiary/aromatic N) is 1. The zero-order chi connectivity index (χ0) is 20.1. The number of hydrogen-bond donors (Lipinski definition) is 2. The van der Waals surface area contributed by atoms with Crippen LogP contribution in [0.4, 0.5) is 17.1 Å². The molecule has 0 radical (unpaired) electrons. The lowest BCUT2D eigenvalue weighted by atomic mass is 10.1. The molecule has 0 aliphatic carbocycles. The lowest BCUT2D eigenvalue weighted by Crippen LogP contribution is -2.21. The normalized spacial score (nSPS) is 13.2. The van der Waals surface area contributed by atoms with Gasteiger partial charge in [-0.2, -0.15) is 0 Å². The van der Waals surface area contributed by atoms with E-state index in [4.69, 9.17) is 0 Å². The summed E-state index contributed by atoms with van der Waals surface area (Å²) in [6, 6.07) is 24.0. The maximum atomic E-state index is 12.9. The number of para-hydroxylation sites is 2. The maximum absolute atomic E-state index is 12.9. The molecule has 3 aromatic carbocycles. The first kappa shape index (κ1) is 18.7. The monoisotopic (exact) mass is 385 g/mol. The van der Waals surface area contributed by atoms with Crippen LogP contribution in [0.5, 0.6) is 0 Å². The molecule has 4 rings (SSSR count). The number of anilines is 3. The number of rotatable bonds is 5. The van der Waals surface area contributed by atoms with Crippen LogP contribution in [-0.2, 0) is 0 Å². The Labute approximate surface area is 170 Å². The highest BCUT2D eigenvalue weighted by atomic mass is 16.2. The van der Waals surface area contributed by atoms with Gasteiger partial charge in [-0.3, -0.25) is 9.59 Å². The quantitative estimate of drug-likeness (QED) is 0.664. The Hall–Kier alpha value is -3.60. The lowest BCUT2D eigenvalue weighted by molar-refractivity contribution is 0.102. The summed E-state index contributed by atoms with van der Waals surface area (Å²) >= 11 is 0. The second-order valence-electron chi connectivity index (χ2n) is 7.10. The van der Waals surface area contributed by atoms with Crippen LogP contribution in [0.2, 0.25) is 0 Å². The van der Waals surface area contributed by atoms with Crippen LogP contribution in [0.15, 0.2) is 78.9 Å². The van der Waals surface area contributed by atoms with Gasteiger partial charge in [-0.15, -0.1) is 0 Å². The Morgan fingerprint density at radius 2 is 1.10 bits per heavy atom.